The quantitative estimate of drug-likeness (QED) is 0.203. The minimum Gasteiger partial charge on any atom is -0.456 e. The summed E-state index contributed by atoms with van der Waals surface area (Å²) in [5.41, 5.74) is 12.0. The van der Waals surface area contributed by atoms with Crippen molar-refractivity contribution in [3.63, 3.8) is 0 Å². The van der Waals surface area contributed by atoms with E-state index in [0.717, 1.165) is 88.2 Å². The van der Waals surface area contributed by atoms with Gasteiger partial charge in [0.1, 0.15) is 11.2 Å². The zero-order valence-corrected chi connectivity index (χ0v) is 25.1. The fourth-order valence-corrected chi connectivity index (χ4v) is 7.38. The Kier molecular flexibility index (Phi) is 5.28. The highest BCUT2D eigenvalue weighted by Gasteiger charge is 2.20. The van der Waals surface area contributed by atoms with E-state index in [1.807, 2.05) is 36.5 Å². The second kappa shape index (κ2) is 9.68. The van der Waals surface area contributed by atoms with E-state index in [2.05, 4.69) is 124 Å². The lowest BCUT2D eigenvalue weighted by Gasteiger charge is -2.12. The van der Waals surface area contributed by atoms with Crippen LogP contribution in [-0.2, 0) is 0 Å². The fraction of sp³-hybridized carbons (Fsp3) is 0. The third-order valence-electron chi connectivity index (χ3n) is 9.37. The maximum Gasteiger partial charge on any atom is 0.136 e. The van der Waals surface area contributed by atoms with Crippen molar-refractivity contribution in [2.24, 2.45) is 0 Å². The molecule has 0 aliphatic carbocycles. The van der Waals surface area contributed by atoms with Gasteiger partial charge < -0.3 is 13.6 Å². The Bertz CT molecular complexity index is 2930. The van der Waals surface area contributed by atoms with Gasteiger partial charge in [0, 0.05) is 44.5 Å². The topological polar surface area (TPSA) is 59.7 Å². The number of nitriles is 1. The van der Waals surface area contributed by atoms with E-state index in [1.165, 1.54) is 0 Å². The molecule has 5 nitrogen and oxygen atoms in total. The summed E-state index contributed by atoms with van der Waals surface area (Å²) < 4.78 is 10.9. The molecule has 0 aliphatic heterocycles. The summed E-state index contributed by atoms with van der Waals surface area (Å²) in [5, 5.41) is 15.1. The highest BCUT2D eigenvalue weighted by Crippen LogP contribution is 2.41. The van der Waals surface area contributed by atoms with Crippen LogP contribution in [0.2, 0.25) is 0 Å². The van der Waals surface area contributed by atoms with Crippen LogP contribution in [0.15, 0.2) is 150 Å². The molecule has 0 bridgehead atoms. The first-order valence-electron chi connectivity index (χ1n) is 15.6. The predicted molar refractivity (Wildman–Crippen MR) is 190 cm³/mol. The van der Waals surface area contributed by atoms with Gasteiger partial charge in [-0.15, -0.1) is 0 Å². The molecule has 0 unspecified atom stereocenters. The van der Waals surface area contributed by atoms with E-state index in [0.29, 0.717) is 5.56 Å². The molecule has 10 aromatic rings. The largest absolute Gasteiger partial charge is 0.456 e. The highest BCUT2D eigenvalue weighted by molar-refractivity contribution is 6.26. The van der Waals surface area contributed by atoms with Crippen LogP contribution in [0.4, 0.5) is 0 Å². The number of para-hydroxylation sites is 2. The number of furan rings is 1. The van der Waals surface area contributed by atoms with E-state index < -0.39 is 0 Å². The maximum absolute atomic E-state index is 9.58. The zero-order chi connectivity index (χ0) is 31.1. The molecule has 0 saturated heterocycles. The van der Waals surface area contributed by atoms with Gasteiger partial charge in [0.2, 0.25) is 0 Å². The Balaban J connectivity index is 1.17. The molecule has 0 fully saturated rings. The van der Waals surface area contributed by atoms with Gasteiger partial charge in [0.15, 0.2) is 0 Å². The third-order valence-corrected chi connectivity index (χ3v) is 9.37. The average Bonchev–Trinajstić information content (AvgIpc) is 3.79. The lowest BCUT2D eigenvalue weighted by molar-refractivity contribution is 0.669. The molecular weight excluding hydrogens is 576 g/mol. The first kappa shape index (κ1) is 25.7. The highest BCUT2D eigenvalue weighted by atomic mass is 16.3. The second-order valence-corrected chi connectivity index (χ2v) is 11.9. The number of hydrogen-bond donors (Lipinski definition) is 0. The molecule has 0 N–H and O–H groups in total. The normalized spacial score (nSPS) is 11.8. The molecule has 0 radical (unpaired) electrons. The summed E-state index contributed by atoms with van der Waals surface area (Å²) in [6, 6.07) is 50.6. The van der Waals surface area contributed by atoms with Crippen molar-refractivity contribution in [3.05, 3.63) is 151 Å². The number of pyridine rings is 1. The van der Waals surface area contributed by atoms with Gasteiger partial charge in [-0.1, -0.05) is 60.7 Å². The smallest absolute Gasteiger partial charge is 0.136 e. The standard InChI is InChI=1S/C42H24N4O/c43-25-26-17-18-35-33(22-26)31-12-1-3-14-34(31)45(35)29-10-5-8-27(23-29)28-9-6-11-30(24-28)46-36-19-20-39-40(32-13-2-4-16-38(32)47-39)41(36)42-37(46)15-7-21-44-42/h1-24H. The van der Waals surface area contributed by atoms with E-state index in [9.17, 15) is 5.26 Å². The molecule has 0 aliphatic rings. The van der Waals surface area contributed by atoms with Crippen molar-refractivity contribution >= 4 is 65.7 Å². The van der Waals surface area contributed by atoms with E-state index in [1.54, 1.807) is 0 Å². The molecule has 5 heteroatoms. The van der Waals surface area contributed by atoms with Crippen LogP contribution in [0.25, 0.3) is 88.2 Å². The number of nitrogens with zero attached hydrogens (tertiary/aromatic N) is 4. The number of aromatic nitrogens is 3. The molecule has 0 saturated carbocycles. The number of fused-ring (bicyclic) bond motifs is 10. The number of rotatable bonds is 3. The molecule has 0 atom stereocenters. The summed E-state index contributed by atoms with van der Waals surface area (Å²) in [6.07, 6.45) is 1.87. The van der Waals surface area contributed by atoms with Crippen LogP contribution in [0.3, 0.4) is 0 Å². The van der Waals surface area contributed by atoms with Gasteiger partial charge in [-0.2, -0.15) is 5.26 Å². The first-order chi connectivity index (χ1) is 23.3. The van der Waals surface area contributed by atoms with Crippen LogP contribution in [0, 0.1) is 11.3 Å². The Hall–Kier alpha value is -6.64. The average molecular weight is 601 g/mol. The van der Waals surface area contributed by atoms with Crippen molar-refractivity contribution in [1.29, 1.82) is 5.26 Å². The Morgan fingerprint density at radius 3 is 2.00 bits per heavy atom. The predicted octanol–water partition coefficient (Wildman–Crippen LogP) is 10.7. The zero-order valence-electron chi connectivity index (χ0n) is 25.1. The van der Waals surface area contributed by atoms with Gasteiger partial charge in [-0.3, -0.25) is 4.98 Å². The fourth-order valence-electron chi connectivity index (χ4n) is 7.38. The maximum atomic E-state index is 9.58. The van der Waals surface area contributed by atoms with Crippen molar-refractivity contribution in [2.45, 2.75) is 0 Å². The second-order valence-electron chi connectivity index (χ2n) is 11.9. The number of hydrogen-bond acceptors (Lipinski definition) is 3. The first-order valence-corrected chi connectivity index (χ1v) is 15.6. The monoisotopic (exact) mass is 600 g/mol. The Labute approximate surface area is 268 Å². The Morgan fingerprint density at radius 1 is 0.511 bits per heavy atom. The van der Waals surface area contributed by atoms with E-state index in [-0.39, 0.29) is 0 Å². The van der Waals surface area contributed by atoms with E-state index in [4.69, 9.17) is 9.40 Å². The van der Waals surface area contributed by atoms with Crippen molar-refractivity contribution in [1.82, 2.24) is 14.1 Å². The van der Waals surface area contributed by atoms with Crippen molar-refractivity contribution in [2.75, 3.05) is 0 Å². The molecular formula is C42H24N4O. The van der Waals surface area contributed by atoms with Crippen LogP contribution in [0.5, 0.6) is 0 Å². The molecule has 218 valence electrons. The van der Waals surface area contributed by atoms with Crippen LogP contribution < -0.4 is 0 Å². The minimum absolute atomic E-state index is 0.660. The summed E-state index contributed by atoms with van der Waals surface area (Å²) in [6.45, 7) is 0. The summed E-state index contributed by atoms with van der Waals surface area (Å²) in [5.74, 6) is 0. The van der Waals surface area contributed by atoms with Gasteiger partial charge >= 0.3 is 0 Å². The minimum atomic E-state index is 0.660. The SMILES string of the molecule is N#Cc1ccc2c(c1)c1ccccc1n2-c1cccc(-c2cccc(-n3c4cccnc4c4c5c(ccc43)oc3ccccc35)c2)c1. The van der Waals surface area contributed by atoms with Gasteiger partial charge in [-0.25, -0.2) is 0 Å². The summed E-state index contributed by atoms with van der Waals surface area (Å²) in [7, 11) is 0. The number of benzene rings is 6. The van der Waals surface area contributed by atoms with Crippen molar-refractivity contribution in [3.8, 4) is 28.6 Å². The van der Waals surface area contributed by atoms with Crippen molar-refractivity contribution < 1.29 is 4.42 Å². The molecule has 4 heterocycles. The molecule has 0 spiro atoms. The lowest BCUT2D eigenvalue weighted by atomic mass is 10.0. The van der Waals surface area contributed by atoms with Crippen LogP contribution in [0.1, 0.15) is 5.56 Å². The molecule has 10 rings (SSSR count). The third kappa shape index (κ3) is 3.67. The summed E-state index contributed by atoms with van der Waals surface area (Å²) in [4.78, 5) is 4.89. The lowest BCUT2D eigenvalue weighted by Crippen LogP contribution is -1.96. The molecule has 0 amide bonds. The molecule has 4 aromatic heterocycles. The van der Waals surface area contributed by atoms with Crippen LogP contribution in [-0.4, -0.2) is 14.1 Å². The Morgan fingerprint density at radius 2 is 1.19 bits per heavy atom. The van der Waals surface area contributed by atoms with E-state index >= 15 is 0 Å². The molecule has 47 heavy (non-hydrogen) atoms. The molecule has 6 aromatic carbocycles. The van der Waals surface area contributed by atoms with Gasteiger partial charge in [-0.05, 0) is 90.0 Å². The summed E-state index contributed by atoms with van der Waals surface area (Å²) >= 11 is 0. The van der Waals surface area contributed by atoms with Crippen LogP contribution >= 0.6 is 0 Å². The van der Waals surface area contributed by atoms with Gasteiger partial charge in [0.05, 0.1) is 39.2 Å². The van der Waals surface area contributed by atoms with Gasteiger partial charge in [0.25, 0.3) is 0 Å².